The molecular formula is C15H22N4O. The standard InChI is InChI=1S/C15H22N4O/c1-4-6-13-14(16-3)17-10-18-15(13)19-11(2)9-12-7-5-8-20-12/h5,7-8,10-11H,4,6,9H2,1-3H3,(H2,16,17,18,19). The second kappa shape index (κ2) is 6.93. The first kappa shape index (κ1) is 14.4. The summed E-state index contributed by atoms with van der Waals surface area (Å²) < 4.78 is 5.38. The van der Waals surface area contributed by atoms with E-state index < -0.39 is 0 Å². The number of nitrogens with one attached hydrogen (secondary N) is 2. The smallest absolute Gasteiger partial charge is 0.134 e. The van der Waals surface area contributed by atoms with Crippen molar-refractivity contribution in [1.82, 2.24) is 9.97 Å². The Morgan fingerprint density at radius 1 is 1.30 bits per heavy atom. The summed E-state index contributed by atoms with van der Waals surface area (Å²) in [5, 5.41) is 6.59. The Morgan fingerprint density at radius 2 is 2.10 bits per heavy atom. The summed E-state index contributed by atoms with van der Waals surface area (Å²) in [6.07, 6.45) is 6.13. The number of hydrogen-bond acceptors (Lipinski definition) is 5. The number of anilines is 2. The number of aromatic nitrogens is 2. The molecule has 2 aromatic rings. The molecule has 108 valence electrons. The Hall–Kier alpha value is -2.04. The predicted octanol–water partition coefficient (Wildman–Crippen LogP) is 3.11. The van der Waals surface area contributed by atoms with Crippen LogP contribution in [0.4, 0.5) is 11.6 Å². The molecule has 5 heteroatoms. The minimum atomic E-state index is 0.247. The van der Waals surface area contributed by atoms with Crippen LogP contribution in [0.25, 0.3) is 0 Å². The van der Waals surface area contributed by atoms with Crippen molar-refractivity contribution in [2.75, 3.05) is 17.7 Å². The van der Waals surface area contributed by atoms with Crippen molar-refractivity contribution in [3.8, 4) is 0 Å². The number of hydrogen-bond donors (Lipinski definition) is 2. The lowest BCUT2D eigenvalue weighted by Crippen LogP contribution is -2.20. The Morgan fingerprint density at radius 3 is 2.75 bits per heavy atom. The first-order valence-electron chi connectivity index (χ1n) is 7.05. The summed E-state index contributed by atoms with van der Waals surface area (Å²) in [6, 6.07) is 4.15. The van der Waals surface area contributed by atoms with E-state index >= 15 is 0 Å². The molecule has 0 spiro atoms. The highest BCUT2D eigenvalue weighted by molar-refractivity contribution is 5.57. The van der Waals surface area contributed by atoms with E-state index in [1.54, 1.807) is 12.6 Å². The number of rotatable bonds is 7. The van der Waals surface area contributed by atoms with Crippen LogP contribution < -0.4 is 10.6 Å². The van der Waals surface area contributed by atoms with Crippen molar-refractivity contribution in [3.63, 3.8) is 0 Å². The minimum Gasteiger partial charge on any atom is -0.469 e. The zero-order chi connectivity index (χ0) is 14.4. The molecule has 0 saturated heterocycles. The third-order valence-electron chi connectivity index (χ3n) is 3.15. The molecule has 0 aromatic carbocycles. The molecule has 0 saturated carbocycles. The summed E-state index contributed by atoms with van der Waals surface area (Å²) in [7, 11) is 1.89. The highest BCUT2D eigenvalue weighted by atomic mass is 16.3. The van der Waals surface area contributed by atoms with Crippen molar-refractivity contribution >= 4 is 11.6 Å². The molecule has 2 N–H and O–H groups in total. The zero-order valence-corrected chi connectivity index (χ0v) is 12.3. The molecule has 2 aromatic heterocycles. The van der Waals surface area contributed by atoms with Gasteiger partial charge in [0.25, 0.3) is 0 Å². The van der Waals surface area contributed by atoms with Gasteiger partial charge in [-0.05, 0) is 25.5 Å². The molecule has 20 heavy (non-hydrogen) atoms. The molecule has 1 atom stereocenters. The summed E-state index contributed by atoms with van der Waals surface area (Å²) in [6.45, 7) is 4.28. The third kappa shape index (κ3) is 3.50. The van der Waals surface area contributed by atoms with Crippen LogP contribution in [0.15, 0.2) is 29.1 Å². The van der Waals surface area contributed by atoms with E-state index in [0.717, 1.165) is 42.2 Å². The van der Waals surface area contributed by atoms with Gasteiger partial charge in [0.2, 0.25) is 0 Å². The first-order chi connectivity index (χ1) is 9.74. The van der Waals surface area contributed by atoms with Gasteiger partial charge < -0.3 is 15.1 Å². The maximum Gasteiger partial charge on any atom is 0.134 e. The average molecular weight is 274 g/mol. The Bertz CT molecular complexity index is 525. The van der Waals surface area contributed by atoms with Crippen LogP contribution in [0.5, 0.6) is 0 Å². The van der Waals surface area contributed by atoms with Crippen LogP contribution in [-0.2, 0) is 12.8 Å². The molecule has 0 aliphatic rings. The van der Waals surface area contributed by atoms with Crippen LogP contribution in [0.3, 0.4) is 0 Å². The fourth-order valence-corrected chi connectivity index (χ4v) is 2.25. The van der Waals surface area contributed by atoms with E-state index in [1.807, 2.05) is 19.2 Å². The van der Waals surface area contributed by atoms with Crippen LogP contribution in [0.2, 0.25) is 0 Å². The quantitative estimate of drug-likeness (QED) is 0.812. The topological polar surface area (TPSA) is 63.0 Å². The van der Waals surface area contributed by atoms with Crippen LogP contribution in [0.1, 0.15) is 31.6 Å². The normalized spacial score (nSPS) is 12.2. The summed E-state index contributed by atoms with van der Waals surface area (Å²) in [5.41, 5.74) is 1.14. The van der Waals surface area contributed by atoms with Gasteiger partial charge in [0, 0.05) is 25.1 Å². The SMILES string of the molecule is CCCc1c(NC)ncnc1NC(C)Cc1ccco1. The second-order valence-corrected chi connectivity index (χ2v) is 4.88. The lowest BCUT2D eigenvalue weighted by atomic mass is 10.1. The molecule has 5 nitrogen and oxygen atoms in total. The number of furan rings is 1. The van der Waals surface area contributed by atoms with Gasteiger partial charge >= 0.3 is 0 Å². The molecule has 0 amide bonds. The van der Waals surface area contributed by atoms with E-state index in [0.29, 0.717) is 0 Å². The largest absolute Gasteiger partial charge is 0.469 e. The van der Waals surface area contributed by atoms with Crippen molar-refractivity contribution < 1.29 is 4.42 Å². The van der Waals surface area contributed by atoms with Gasteiger partial charge in [-0.15, -0.1) is 0 Å². The van der Waals surface area contributed by atoms with Gasteiger partial charge in [-0.3, -0.25) is 0 Å². The first-order valence-corrected chi connectivity index (χ1v) is 7.05. The van der Waals surface area contributed by atoms with Crippen LogP contribution in [-0.4, -0.2) is 23.1 Å². The highest BCUT2D eigenvalue weighted by Gasteiger charge is 2.13. The van der Waals surface area contributed by atoms with E-state index in [9.17, 15) is 0 Å². The van der Waals surface area contributed by atoms with Crippen LogP contribution in [0, 0.1) is 0 Å². The van der Waals surface area contributed by atoms with Crippen LogP contribution >= 0.6 is 0 Å². The lowest BCUT2D eigenvalue weighted by molar-refractivity contribution is 0.497. The Kier molecular flexibility index (Phi) is 4.98. The summed E-state index contributed by atoms with van der Waals surface area (Å²) in [4.78, 5) is 8.66. The maximum absolute atomic E-state index is 5.38. The minimum absolute atomic E-state index is 0.247. The lowest BCUT2D eigenvalue weighted by Gasteiger charge is -2.17. The second-order valence-electron chi connectivity index (χ2n) is 4.88. The Labute approximate surface area is 119 Å². The van der Waals surface area contributed by atoms with Gasteiger partial charge in [0.05, 0.1) is 6.26 Å². The molecule has 0 bridgehead atoms. The highest BCUT2D eigenvalue weighted by Crippen LogP contribution is 2.22. The van der Waals surface area contributed by atoms with E-state index in [4.69, 9.17) is 4.42 Å². The van der Waals surface area contributed by atoms with Crippen molar-refractivity contribution in [2.24, 2.45) is 0 Å². The molecule has 2 heterocycles. The van der Waals surface area contributed by atoms with E-state index in [2.05, 4.69) is 34.4 Å². The number of nitrogens with zero attached hydrogens (tertiary/aromatic N) is 2. The zero-order valence-electron chi connectivity index (χ0n) is 12.3. The summed E-state index contributed by atoms with van der Waals surface area (Å²) in [5.74, 6) is 2.78. The van der Waals surface area contributed by atoms with Gasteiger partial charge in [-0.2, -0.15) is 0 Å². The maximum atomic E-state index is 5.38. The fourth-order valence-electron chi connectivity index (χ4n) is 2.25. The molecular weight excluding hydrogens is 252 g/mol. The van der Waals surface area contributed by atoms with Gasteiger partial charge in [0.15, 0.2) is 0 Å². The molecule has 0 fully saturated rings. The van der Waals surface area contributed by atoms with E-state index in [-0.39, 0.29) is 6.04 Å². The summed E-state index contributed by atoms with van der Waals surface area (Å²) >= 11 is 0. The fraction of sp³-hybridized carbons (Fsp3) is 0.467. The van der Waals surface area contributed by atoms with E-state index in [1.165, 1.54) is 0 Å². The van der Waals surface area contributed by atoms with Gasteiger partial charge in [0.1, 0.15) is 23.7 Å². The Balaban J connectivity index is 2.11. The molecule has 0 radical (unpaired) electrons. The van der Waals surface area contributed by atoms with Crippen molar-refractivity contribution in [3.05, 3.63) is 36.0 Å². The molecule has 0 aliphatic carbocycles. The average Bonchev–Trinajstić information content (AvgIpc) is 2.93. The monoisotopic (exact) mass is 274 g/mol. The van der Waals surface area contributed by atoms with Crippen molar-refractivity contribution in [2.45, 2.75) is 39.2 Å². The predicted molar refractivity (Wildman–Crippen MR) is 81.1 cm³/mol. The third-order valence-corrected chi connectivity index (χ3v) is 3.15. The van der Waals surface area contributed by atoms with Gasteiger partial charge in [-0.25, -0.2) is 9.97 Å². The van der Waals surface area contributed by atoms with Crippen molar-refractivity contribution in [1.29, 1.82) is 0 Å². The van der Waals surface area contributed by atoms with Gasteiger partial charge in [-0.1, -0.05) is 13.3 Å². The molecule has 0 aliphatic heterocycles. The molecule has 2 rings (SSSR count). The molecule has 1 unspecified atom stereocenters.